The van der Waals surface area contributed by atoms with Crippen LogP contribution in [0.3, 0.4) is 0 Å². The molecule has 1 nitrogen and oxygen atoms in total. The Morgan fingerprint density at radius 2 is 1.36 bits per heavy atom. The van der Waals surface area contributed by atoms with E-state index in [1.54, 1.807) is 7.11 Å². The average Bonchev–Trinajstić information content (AvgIpc) is 1.84. The molecule has 1 heteroatoms. The van der Waals surface area contributed by atoms with Crippen molar-refractivity contribution in [2.24, 2.45) is 0 Å². The van der Waals surface area contributed by atoms with Crippen LogP contribution in [0.15, 0.2) is 0 Å². The van der Waals surface area contributed by atoms with Gasteiger partial charge in [-0.3, -0.25) is 0 Å². The Kier molecular flexibility index (Phi) is 5.57. The highest BCUT2D eigenvalue weighted by atomic mass is 16.5. The van der Waals surface area contributed by atoms with E-state index in [4.69, 9.17) is 4.74 Å². The number of hydrogen-bond acceptors (Lipinski definition) is 1. The van der Waals surface area contributed by atoms with E-state index >= 15 is 0 Å². The summed E-state index contributed by atoms with van der Waals surface area (Å²) in [4.78, 5) is 0. The van der Waals surface area contributed by atoms with E-state index in [1.165, 1.54) is 11.8 Å². The van der Waals surface area contributed by atoms with Crippen LogP contribution in [0.5, 0.6) is 0 Å². The van der Waals surface area contributed by atoms with Crippen LogP contribution in [-0.2, 0) is 4.74 Å². The van der Waals surface area contributed by atoms with Crippen LogP contribution >= 0.6 is 0 Å². The SMILES string of the molecule is COC(C[C](C)C)C[C](C)C. The van der Waals surface area contributed by atoms with E-state index < -0.39 is 0 Å². The first-order chi connectivity index (χ1) is 5.06. The van der Waals surface area contributed by atoms with Crippen LogP contribution < -0.4 is 0 Å². The lowest BCUT2D eigenvalue weighted by Crippen LogP contribution is -2.14. The molecule has 11 heavy (non-hydrogen) atoms. The predicted octanol–water partition coefficient (Wildman–Crippen LogP) is 3.01. The molecule has 0 aromatic heterocycles. The van der Waals surface area contributed by atoms with Gasteiger partial charge in [0.1, 0.15) is 0 Å². The van der Waals surface area contributed by atoms with Crippen molar-refractivity contribution in [2.75, 3.05) is 7.11 Å². The third-order valence-electron chi connectivity index (χ3n) is 1.61. The lowest BCUT2D eigenvalue weighted by atomic mass is 9.98. The van der Waals surface area contributed by atoms with E-state index in [0.717, 1.165) is 12.8 Å². The first-order valence-corrected chi connectivity index (χ1v) is 4.17. The maximum atomic E-state index is 5.33. The lowest BCUT2D eigenvalue weighted by Gasteiger charge is -2.18. The van der Waals surface area contributed by atoms with Crippen LogP contribution in [0.2, 0.25) is 0 Å². The van der Waals surface area contributed by atoms with E-state index in [-0.39, 0.29) is 0 Å². The Morgan fingerprint density at radius 3 is 1.55 bits per heavy atom. The predicted molar refractivity (Wildman–Crippen MR) is 49.2 cm³/mol. The smallest absolute Gasteiger partial charge is 0.0582 e. The zero-order chi connectivity index (χ0) is 8.85. The molecule has 0 amide bonds. The monoisotopic (exact) mass is 156 g/mol. The topological polar surface area (TPSA) is 9.23 Å². The van der Waals surface area contributed by atoms with E-state index in [1.807, 2.05) is 0 Å². The summed E-state index contributed by atoms with van der Waals surface area (Å²) in [5, 5.41) is 0. The van der Waals surface area contributed by atoms with Gasteiger partial charge in [0.2, 0.25) is 0 Å². The molecule has 0 saturated heterocycles. The summed E-state index contributed by atoms with van der Waals surface area (Å²) >= 11 is 0. The van der Waals surface area contributed by atoms with Gasteiger partial charge in [-0.1, -0.05) is 27.7 Å². The minimum Gasteiger partial charge on any atom is -0.381 e. The molecule has 0 unspecified atom stereocenters. The molecule has 0 fully saturated rings. The van der Waals surface area contributed by atoms with Crippen molar-refractivity contribution in [3.8, 4) is 0 Å². The summed E-state index contributed by atoms with van der Waals surface area (Å²) in [5.74, 6) is 2.89. The lowest BCUT2D eigenvalue weighted by molar-refractivity contribution is 0.0948. The summed E-state index contributed by atoms with van der Waals surface area (Å²) in [6.45, 7) is 8.60. The minimum absolute atomic E-state index is 0.394. The highest BCUT2D eigenvalue weighted by Crippen LogP contribution is 2.17. The van der Waals surface area contributed by atoms with Crippen molar-refractivity contribution in [1.82, 2.24) is 0 Å². The van der Waals surface area contributed by atoms with Gasteiger partial charge >= 0.3 is 0 Å². The molecule has 0 N–H and O–H groups in total. The van der Waals surface area contributed by atoms with Gasteiger partial charge in [-0.2, -0.15) is 0 Å². The molecule has 0 bridgehead atoms. The van der Waals surface area contributed by atoms with E-state index in [9.17, 15) is 0 Å². The maximum absolute atomic E-state index is 5.33. The average molecular weight is 156 g/mol. The Labute approximate surface area is 71.1 Å². The van der Waals surface area contributed by atoms with Crippen LogP contribution in [0.1, 0.15) is 40.5 Å². The molecule has 0 rings (SSSR count). The summed E-state index contributed by atoms with van der Waals surface area (Å²) in [5.41, 5.74) is 0. The summed E-state index contributed by atoms with van der Waals surface area (Å²) in [6, 6.07) is 0. The van der Waals surface area contributed by atoms with Gasteiger partial charge in [0.25, 0.3) is 0 Å². The highest BCUT2D eigenvalue weighted by Gasteiger charge is 2.11. The van der Waals surface area contributed by atoms with Gasteiger partial charge in [0, 0.05) is 7.11 Å². The zero-order valence-electron chi connectivity index (χ0n) is 8.40. The van der Waals surface area contributed by atoms with Crippen LogP contribution in [0, 0.1) is 11.8 Å². The molecule has 66 valence electrons. The molecule has 0 aliphatic rings. The molecule has 0 aliphatic carbocycles. The first kappa shape index (κ1) is 11.0. The number of rotatable bonds is 5. The fraction of sp³-hybridized carbons (Fsp3) is 0.800. The number of methoxy groups -OCH3 is 1. The highest BCUT2D eigenvalue weighted by molar-refractivity contribution is 4.88. The molecule has 2 radical (unpaired) electrons. The van der Waals surface area contributed by atoms with E-state index in [2.05, 4.69) is 27.7 Å². The summed E-state index contributed by atoms with van der Waals surface area (Å²) in [6.07, 6.45) is 2.56. The van der Waals surface area contributed by atoms with Gasteiger partial charge in [-0.15, -0.1) is 0 Å². The van der Waals surface area contributed by atoms with Crippen LogP contribution in [0.4, 0.5) is 0 Å². The summed E-state index contributed by atoms with van der Waals surface area (Å²) < 4.78 is 5.33. The quantitative estimate of drug-likeness (QED) is 0.594. The second kappa shape index (κ2) is 5.59. The second-order valence-electron chi connectivity index (χ2n) is 3.68. The molecule has 0 heterocycles. The fourth-order valence-electron chi connectivity index (χ4n) is 1.15. The number of hydrogen-bond donors (Lipinski definition) is 0. The van der Waals surface area contributed by atoms with Crippen molar-refractivity contribution >= 4 is 0 Å². The molecule has 0 aromatic rings. The molecule has 0 atom stereocenters. The molecular formula is C10H20O. The Balaban J connectivity index is 3.58. The van der Waals surface area contributed by atoms with Gasteiger partial charge in [-0.25, -0.2) is 0 Å². The molecule has 0 saturated carbocycles. The maximum Gasteiger partial charge on any atom is 0.0582 e. The van der Waals surface area contributed by atoms with Gasteiger partial charge < -0.3 is 4.74 Å². The Hall–Kier alpha value is -0.0400. The van der Waals surface area contributed by atoms with Crippen molar-refractivity contribution in [3.05, 3.63) is 11.8 Å². The minimum atomic E-state index is 0.394. The number of ether oxygens (including phenoxy) is 1. The van der Waals surface area contributed by atoms with Crippen LogP contribution in [0.25, 0.3) is 0 Å². The molecular weight excluding hydrogens is 136 g/mol. The Bertz CT molecular complexity index is 76.9. The molecule has 0 aliphatic heterocycles. The van der Waals surface area contributed by atoms with Crippen LogP contribution in [-0.4, -0.2) is 13.2 Å². The van der Waals surface area contributed by atoms with Gasteiger partial charge in [0.05, 0.1) is 6.10 Å². The summed E-state index contributed by atoms with van der Waals surface area (Å²) in [7, 11) is 1.79. The van der Waals surface area contributed by atoms with Gasteiger partial charge in [-0.05, 0) is 24.7 Å². The van der Waals surface area contributed by atoms with Crippen molar-refractivity contribution in [1.29, 1.82) is 0 Å². The largest absolute Gasteiger partial charge is 0.381 e. The molecule has 0 spiro atoms. The molecule has 0 aromatic carbocycles. The van der Waals surface area contributed by atoms with E-state index in [0.29, 0.717) is 6.10 Å². The Morgan fingerprint density at radius 1 is 1.00 bits per heavy atom. The first-order valence-electron chi connectivity index (χ1n) is 4.17. The van der Waals surface area contributed by atoms with Crippen molar-refractivity contribution in [3.63, 3.8) is 0 Å². The fourth-order valence-corrected chi connectivity index (χ4v) is 1.15. The normalized spacial score (nSPS) is 12.0. The van der Waals surface area contributed by atoms with Gasteiger partial charge in [0.15, 0.2) is 0 Å². The third kappa shape index (κ3) is 6.36. The standard InChI is InChI=1S/C10H20O/c1-8(2)6-10(11-5)7-9(3)4/h10H,6-7H2,1-5H3. The van der Waals surface area contributed by atoms with Crippen molar-refractivity contribution < 1.29 is 4.74 Å². The van der Waals surface area contributed by atoms with Crippen molar-refractivity contribution in [2.45, 2.75) is 46.6 Å². The zero-order valence-corrected chi connectivity index (χ0v) is 8.40. The third-order valence-corrected chi connectivity index (χ3v) is 1.61. The second-order valence-corrected chi connectivity index (χ2v) is 3.68.